The van der Waals surface area contributed by atoms with Crippen molar-refractivity contribution in [3.05, 3.63) is 59.4 Å². The highest BCUT2D eigenvalue weighted by molar-refractivity contribution is 7.98. The van der Waals surface area contributed by atoms with Gasteiger partial charge in [0.2, 0.25) is 5.91 Å². The van der Waals surface area contributed by atoms with Crippen molar-refractivity contribution in [2.75, 3.05) is 0 Å². The third-order valence-electron chi connectivity index (χ3n) is 2.59. The molecule has 0 aliphatic carbocycles. The van der Waals surface area contributed by atoms with Gasteiger partial charge in [0.1, 0.15) is 5.69 Å². The standard InChI is InChI=1S/C14H12N2O3S/c15-13(17)10-3-1-9(2-4-10)8-20-11-5-6-16-12(7-11)14(18)19/h1-7H,8H2,(H2,15,17)(H,18,19). The van der Waals surface area contributed by atoms with Crippen LogP contribution in [-0.2, 0) is 5.75 Å². The lowest BCUT2D eigenvalue weighted by Gasteiger charge is -2.03. The number of aromatic carboxylic acids is 1. The van der Waals surface area contributed by atoms with E-state index in [9.17, 15) is 9.59 Å². The smallest absolute Gasteiger partial charge is 0.354 e. The highest BCUT2D eigenvalue weighted by Gasteiger charge is 2.06. The fourth-order valence-electron chi connectivity index (χ4n) is 1.55. The topological polar surface area (TPSA) is 93.3 Å². The van der Waals surface area contributed by atoms with Gasteiger partial charge in [-0.1, -0.05) is 12.1 Å². The van der Waals surface area contributed by atoms with E-state index in [0.717, 1.165) is 10.5 Å². The molecule has 1 amide bonds. The molecule has 0 aliphatic heterocycles. The first-order valence-electron chi connectivity index (χ1n) is 5.77. The average molecular weight is 288 g/mol. The number of nitrogens with two attached hydrogens (primary N) is 1. The summed E-state index contributed by atoms with van der Waals surface area (Å²) in [6.45, 7) is 0. The molecule has 0 fully saturated rings. The first-order valence-corrected chi connectivity index (χ1v) is 6.76. The minimum atomic E-state index is -1.04. The molecule has 0 atom stereocenters. The zero-order valence-electron chi connectivity index (χ0n) is 10.4. The fraction of sp³-hybridized carbons (Fsp3) is 0.0714. The van der Waals surface area contributed by atoms with Crippen molar-refractivity contribution in [1.29, 1.82) is 0 Å². The maximum atomic E-state index is 10.9. The predicted octanol–water partition coefficient (Wildman–Crippen LogP) is 2.17. The molecule has 0 saturated heterocycles. The van der Waals surface area contributed by atoms with E-state index in [0.29, 0.717) is 11.3 Å². The van der Waals surface area contributed by atoms with Crippen LogP contribution in [0.25, 0.3) is 0 Å². The molecule has 2 aromatic rings. The van der Waals surface area contributed by atoms with Crippen molar-refractivity contribution in [2.24, 2.45) is 5.73 Å². The molecule has 6 heteroatoms. The Labute approximate surface area is 119 Å². The van der Waals surface area contributed by atoms with Gasteiger partial charge in [-0.2, -0.15) is 0 Å². The Morgan fingerprint density at radius 1 is 1.20 bits per heavy atom. The van der Waals surface area contributed by atoms with Crippen LogP contribution < -0.4 is 5.73 Å². The summed E-state index contributed by atoms with van der Waals surface area (Å²) in [5.41, 5.74) is 6.68. The third-order valence-corrected chi connectivity index (χ3v) is 3.66. The molecule has 0 radical (unpaired) electrons. The minimum Gasteiger partial charge on any atom is -0.477 e. The maximum Gasteiger partial charge on any atom is 0.354 e. The fourth-order valence-corrected chi connectivity index (χ4v) is 2.43. The zero-order chi connectivity index (χ0) is 14.5. The molecule has 20 heavy (non-hydrogen) atoms. The highest BCUT2D eigenvalue weighted by Crippen LogP contribution is 2.23. The summed E-state index contributed by atoms with van der Waals surface area (Å²) in [5, 5.41) is 8.86. The number of rotatable bonds is 5. The molecule has 0 bridgehead atoms. The Kier molecular flexibility index (Phi) is 4.37. The van der Waals surface area contributed by atoms with E-state index in [1.165, 1.54) is 24.0 Å². The van der Waals surface area contributed by atoms with Crippen LogP contribution in [0.3, 0.4) is 0 Å². The second-order valence-electron chi connectivity index (χ2n) is 4.03. The largest absolute Gasteiger partial charge is 0.477 e. The van der Waals surface area contributed by atoms with E-state index in [1.807, 2.05) is 12.1 Å². The molecule has 1 aromatic heterocycles. The van der Waals surface area contributed by atoms with Crippen LogP contribution in [0.1, 0.15) is 26.4 Å². The number of benzene rings is 1. The van der Waals surface area contributed by atoms with Gasteiger partial charge in [0.25, 0.3) is 0 Å². The van der Waals surface area contributed by atoms with Gasteiger partial charge in [0.15, 0.2) is 0 Å². The van der Waals surface area contributed by atoms with Crippen molar-refractivity contribution in [3.8, 4) is 0 Å². The first-order chi connectivity index (χ1) is 9.56. The number of hydrogen-bond donors (Lipinski definition) is 2. The van der Waals surface area contributed by atoms with Gasteiger partial charge in [0, 0.05) is 22.4 Å². The first kappa shape index (κ1) is 14.1. The van der Waals surface area contributed by atoms with Gasteiger partial charge < -0.3 is 10.8 Å². The van der Waals surface area contributed by atoms with Gasteiger partial charge >= 0.3 is 5.97 Å². The lowest BCUT2D eigenvalue weighted by Crippen LogP contribution is -2.10. The predicted molar refractivity (Wildman–Crippen MR) is 75.7 cm³/mol. The average Bonchev–Trinajstić information content (AvgIpc) is 2.46. The van der Waals surface area contributed by atoms with Crippen molar-refractivity contribution < 1.29 is 14.7 Å². The van der Waals surface area contributed by atoms with Crippen LogP contribution in [-0.4, -0.2) is 22.0 Å². The molecule has 0 spiro atoms. The number of amides is 1. The summed E-state index contributed by atoms with van der Waals surface area (Å²) < 4.78 is 0. The number of thioether (sulfide) groups is 1. The normalized spacial score (nSPS) is 10.2. The number of hydrogen-bond acceptors (Lipinski definition) is 4. The Balaban J connectivity index is 2.03. The van der Waals surface area contributed by atoms with E-state index in [-0.39, 0.29) is 5.69 Å². The van der Waals surface area contributed by atoms with E-state index in [2.05, 4.69) is 4.98 Å². The van der Waals surface area contributed by atoms with E-state index in [4.69, 9.17) is 10.8 Å². The molecule has 102 valence electrons. The van der Waals surface area contributed by atoms with Gasteiger partial charge in [-0.3, -0.25) is 4.79 Å². The Hall–Kier alpha value is -2.34. The molecule has 1 aromatic carbocycles. The molecule has 1 heterocycles. The van der Waals surface area contributed by atoms with E-state index < -0.39 is 11.9 Å². The van der Waals surface area contributed by atoms with Gasteiger partial charge in [-0.05, 0) is 29.8 Å². The summed E-state index contributed by atoms with van der Waals surface area (Å²) in [5.74, 6) is -0.829. The molecule has 0 saturated carbocycles. The lowest BCUT2D eigenvalue weighted by atomic mass is 10.1. The summed E-state index contributed by atoms with van der Waals surface area (Å²) in [6.07, 6.45) is 1.47. The molecule has 0 unspecified atom stereocenters. The molecule has 5 nitrogen and oxygen atoms in total. The zero-order valence-corrected chi connectivity index (χ0v) is 11.3. The van der Waals surface area contributed by atoms with Crippen LogP contribution in [0.2, 0.25) is 0 Å². The van der Waals surface area contributed by atoms with Crippen molar-refractivity contribution in [3.63, 3.8) is 0 Å². The number of pyridine rings is 1. The second-order valence-corrected chi connectivity index (χ2v) is 5.08. The van der Waals surface area contributed by atoms with Crippen LogP contribution in [0.15, 0.2) is 47.5 Å². The van der Waals surface area contributed by atoms with E-state index >= 15 is 0 Å². The number of carboxylic acid groups (broad SMARTS) is 1. The number of carbonyl (C=O) groups excluding carboxylic acids is 1. The SMILES string of the molecule is NC(=O)c1ccc(CSc2ccnc(C(=O)O)c2)cc1. The van der Waals surface area contributed by atoms with Crippen LogP contribution >= 0.6 is 11.8 Å². The second kappa shape index (κ2) is 6.21. The molecule has 3 N–H and O–H groups in total. The Morgan fingerprint density at radius 2 is 1.90 bits per heavy atom. The molecular weight excluding hydrogens is 276 g/mol. The van der Waals surface area contributed by atoms with Crippen LogP contribution in [0.4, 0.5) is 0 Å². The summed E-state index contributed by atoms with van der Waals surface area (Å²) in [6, 6.07) is 10.3. The maximum absolute atomic E-state index is 10.9. The van der Waals surface area contributed by atoms with Crippen LogP contribution in [0, 0.1) is 0 Å². The molecule has 0 aliphatic rings. The molecule has 2 rings (SSSR count). The highest BCUT2D eigenvalue weighted by atomic mass is 32.2. The summed E-state index contributed by atoms with van der Waals surface area (Å²) in [7, 11) is 0. The van der Waals surface area contributed by atoms with Crippen molar-refractivity contribution in [2.45, 2.75) is 10.6 Å². The Bertz CT molecular complexity index is 641. The Morgan fingerprint density at radius 3 is 2.50 bits per heavy atom. The quantitative estimate of drug-likeness (QED) is 0.822. The lowest BCUT2D eigenvalue weighted by molar-refractivity contribution is 0.0690. The van der Waals surface area contributed by atoms with Gasteiger partial charge in [0.05, 0.1) is 0 Å². The van der Waals surface area contributed by atoms with Crippen molar-refractivity contribution in [1.82, 2.24) is 4.98 Å². The summed E-state index contributed by atoms with van der Waals surface area (Å²) >= 11 is 1.50. The van der Waals surface area contributed by atoms with Crippen molar-refractivity contribution >= 4 is 23.6 Å². The monoisotopic (exact) mass is 288 g/mol. The number of aromatic nitrogens is 1. The number of nitrogens with zero attached hydrogens (tertiary/aromatic N) is 1. The third kappa shape index (κ3) is 3.58. The number of carboxylic acids is 1. The summed E-state index contributed by atoms with van der Waals surface area (Å²) in [4.78, 5) is 26.4. The van der Waals surface area contributed by atoms with Gasteiger partial charge in [-0.25, -0.2) is 9.78 Å². The minimum absolute atomic E-state index is 0.0269. The van der Waals surface area contributed by atoms with Gasteiger partial charge in [-0.15, -0.1) is 11.8 Å². The molecular formula is C14H12N2O3S. The number of carbonyl (C=O) groups is 2. The van der Waals surface area contributed by atoms with Crippen LogP contribution in [0.5, 0.6) is 0 Å². The van der Waals surface area contributed by atoms with E-state index in [1.54, 1.807) is 18.2 Å². The number of primary amides is 1.